The molecule has 0 spiro atoms. The molecule has 0 atom stereocenters. The summed E-state index contributed by atoms with van der Waals surface area (Å²) in [5, 5.41) is 3.05. The molecule has 0 fully saturated rings. The van der Waals surface area contributed by atoms with Gasteiger partial charge in [0.1, 0.15) is 0 Å². The number of fused-ring (bicyclic) bond motifs is 2. The molecular formula is C26H30BrN3O2. The van der Waals surface area contributed by atoms with Gasteiger partial charge in [0.25, 0.3) is 11.1 Å². The third-order valence-electron chi connectivity index (χ3n) is 5.39. The predicted molar refractivity (Wildman–Crippen MR) is 138 cm³/mol. The van der Waals surface area contributed by atoms with Crippen molar-refractivity contribution in [1.82, 2.24) is 9.13 Å². The number of halogens is 1. The maximum atomic E-state index is 11.7. The van der Waals surface area contributed by atoms with E-state index < -0.39 is 0 Å². The highest BCUT2D eigenvalue weighted by Crippen LogP contribution is 2.17. The smallest absolute Gasteiger partial charge is 0.251 e. The lowest BCUT2D eigenvalue weighted by molar-refractivity contribution is 0.678. The Hall–Kier alpha value is -2.70. The first kappa shape index (κ1) is 24.0. The van der Waals surface area contributed by atoms with E-state index in [1.165, 1.54) is 5.56 Å². The maximum Gasteiger partial charge on any atom is 0.251 e. The number of hydrogen-bond donors (Lipinski definition) is 1. The van der Waals surface area contributed by atoms with Crippen LogP contribution in [-0.4, -0.2) is 9.13 Å². The van der Waals surface area contributed by atoms with Crippen molar-refractivity contribution in [3.8, 4) is 0 Å². The molecule has 0 aliphatic rings. The highest BCUT2D eigenvalue weighted by atomic mass is 79.9. The summed E-state index contributed by atoms with van der Waals surface area (Å²) in [4.78, 5) is 23.4. The first-order valence-corrected chi connectivity index (χ1v) is 12.2. The zero-order valence-electron chi connectivity index (χ0n) is 18.7. The second-order valence-corrected chi connectivity index (χ2v) is 8.33. The van der Waals surface area contributed by atoms with Crippen molar-refractivity contribution in [3.05, 3.63) is 92.5 Å². The van der Waals surface area contributed by atoms with Gasteiger partial charge in [0.15, 0.2) is 0 Å². The summed E-state index contributed by atoms with van der Waals surface area (Å²) in [6.45, 7) is 6.22. The minimum Gasteiger partial charge on any atom is -0.326 e. The Morgan fingerprint density at radius 1 is 0.719 bits per heavy atom. The largest absolute Gasteiger partial charge is 0.326 e. The van der Waals surface area contributed by atoms with Gasteiger partial charge in [0, 0.05) is 37.1 Å². The van der Waals surface area contributed by atoms with Gasteiger partial charge in [-0.1, -0.05) is 41.9 Å². The predicted octanol–water partition coefficient (Wildman–Crippen LogP) is 5.18. The van der Waals surface area contributed by atoms with Gasteiger partial charge in [-0.25, -0.2) is 0 Å². The fraction of sp³-hybridized carbons (Fsp3) is 0.308. The molecule has 0 bridgehead atoms. The van der Waals surface area contributed by atoms with Crippen molar-refractivity contribution < 1.29 is 0 Å². The lowest BCUT2D eigenvalue weighted by atomic mass is 10.1. The number of benzene rings is 2. The van der Waals surface area contributed by atoms with Gasteiger partial charge >= 0.3 is 0 Å². The number of nitrogens with zero attached hydrogens (tertiary/aromatic N) is 2. The normalized spacial score (nSPS) is 10.9. The number of aryl methyl sites for hydroxylation is 2. The van der Waals surface area contributed by atoms with E-state index >= 15 is 0 Å². The fourth-order valence-corrected chi connectivity index (χ4v) is 4.17. The van der Waals surface area contributed by atoms with E-state index in [-0.39, 0.29) is 11.1 Å². The molecule has 32 heavy (non-hydrogen) atoms. The molecule has 5 nitrogen and oxygen atoms in total. The topological polar surface area (TPSA) is 70.0 Å². The minimum absolute atomic E-state index is 0.0647. The van der Waals surface area contributed by atoms with Crippen LogP contribution in [0.2, 0.25) is 0 Å². The molecule has 0 aliphatic heterocycles. The maximum absolute atomic E-state index is 11.7. The van der Waals surface area contributed by atoms with Crippen LogP contribution in [0.4, 0.5) is 0 Å². The number of pyridine rings is 2. The van der Waals surface area contributed by atoms with Gasteiger partial charge in [-0.2, -0.15) is 0 Å². The molecular weight excluding hydrogens is 466 g/mol. The van der Waals surface area contributed by atoms with E-state index in [9.17, 15) is 9.59 Å². The number of alkyl halides is 1. The van der Waals surface area contributed by atoms with Crippen molar-refractivity contribution in [1.29, 1.82) is 0 Å². The van der Waals surface area contributed by atoms with Crippen LogP contribution in [0.25, 0.3) is 21.8 Å². The number of hydrogen-bond acceptors (Lipinski definition) is 3. The van der Waals surface area contributed by atoms with Gasteiger partial charge in [-0.15, -0.1) is 0 Å². The highest BCUT2D eigenvalue weighted by molar-refractivity contribution is 9.08. The molecule has 0 unspecified atom stereocenters. The van der Waals surface area contributed by atoms with Crippen molar-refractivity contribution in [2.45, 2.75) is 51.7 Å². The van der Waals surface area contributed by atoms with Crippen LogP contribution in [0.15, 0.2) is 70.3 Å². The Bertz CT molecular complexity index is 1220. The molecule has 0 saturated carbocycles. The molecule has 0 saturated heterocycles. The summed E-state index contributed by atoms with van der Waals surface area (Å²) in [6.07, 6.45) is 1.93. The lowest BCUT2D eigenvalue weighted by Gasteiger charge is -2.09. The quantitative estimate of drug-likeness (QED) is 0.374. The fourth-order valence-electron chi connectivity index (χ4n) is 3.82. The molecule has 168 valence electrons. The van der Waals surface area contributed by atoms with Crippen LogP contribution in [-0.2, 0) is 25.0 Å². The Morgan fingerprint density at radius 2 is 1.19 bits per heavy atom. The second-order valence-electron chi connectivity index (χ2n) is 7.77. The Morgan fingerprint density at radius 3 is 1.62 bits per heavy atom. The van der Waals surface area contributed by atoms with E-state index in [0.29, 0.717) is 6.54 Å². The van der Waals surface area contributed by atoms with Crippen LogP contribution < -0.4 is 16.9 Å². The monoisotopic (exact) mass is 495 g/mol. The van der Waals surface area contributed by atoms with Crippen LogP contribution in [0, 0.1) is 0 Å². The molecule has 2 aromatic carbocycles. The summed E-state index contributed by atoms with van der Waals surface area (Å²) in [7, 11) is 0. The zero-order chi connectivity index (χ0) is 23.1. The first-order valence-electron chi connectivity index (χ1n) is 11.0. The van der Waals surface area contributed by atoms with E-state index in [2.05, 4.69) is 41.9 Å². The molecule has 0 aliphatic carbocycles. The minimum atomic E-state index is 0.0647. The Kier molecular flexibility index (Phi) is 8.42. The lowest BCUT2D eigenvalue weighted by Crippen LogP contribution is -2.19. The Balaban J connectivity index is 0.000000181. The standard InChI is InChI=1S/C13H14BrNO.C13H16N2O/c2*1-2-7-15-12-5-3-10(9-14)8-11(12)4-6-13(15)16/h3-6,8H,2,7,9H2,1H3;3-6,8H,2,7,9,14H2,1H3. The van der Waals surface area contributed by atoms with Gasteiger partial charge in [-0.3, -0.25) is 9.59 Å². The molecule has 2 N–H and O–H groups in total. The molecule has 2 heterocycles. The van der Waals surface area contributed by atoms with Crippen molar-refractivity contribution >= 4 is 37.7 Å². The molecule has 0 amide bonds. The molecule has 0 radical (unpaired) electrons. The van der Waals surface area contributed by atoms with E-state index in [1.54, 1.807) is 12.1 Å². The van der Waals surface area contributed by atoms with Gasteiger partial charge in [-0.05, 0) is 71.1 Å². The summed E-state index contributed by atoms with van der Waals surface area (Å²) in [5.41, 5.74) is 10.1. The molecule has 6 heteroatoms. The second kappa shape index (κ2) is 11.2. The number of nitrogens with two attached hydrogens (primary N) is 1. The molecule has 2 aromatic heterocycles. The highest BCUT2D eigenvalue weighted by Gasteiger charge is 2.03. The number of rotatable bonds is 6. The molecule has 4 aromatic rings. The van der Waals surface area contributed by atoms with Gasteiger partial charge in [0.05, 0.1) is 11.0 Å². The van der Waals surface area contributed by atoms with E-state index in [0.717, 1.165) is 58.6 Å². The van der Waals surface area contributed by atoms with Crippen molar-refractivity contribution in [2.24, 2.45) is 5.73 Å². The average Bonchev–Trinajstić information content (AvgIpc) is 2.82. The van der Waals surface area contributed by atoms with E-state index in [1.807, 2.05) is 45.5 Å². The number of aromatic nitrogens is 2. The Labute approximate surface area is 196 Å². The zero-order valence-corrected chi connectivity index (χ0v) is 20.3. The summed E-state index contributed by atoms with van der Waals surface area (Å²) >= 11 is 3.44. The van der Waals surface area contributed by atoms with Gasteiger partial charge < -0.3 is 14.9 Å². The van der Waals surface area contributed by atoms with Crippen LogP contribution in [0.5, 0.6) is 0 Å². The summed E-state index contributed by atoms with van der Waals surface area (Å²) in [5.74, 6) is 0. The molecule has 4 rings (SSSR count). The van der Waals surface area contributed by atoms with Gasteiger partial charge in [0.2, 0.25) is 0 Å². The third kappa shape index (κ3) is 5.37. The third-order valence-corrected chi connectivity index (χ3v) is 6.04. The first-order chi connectivity index (χ1) is 15.5. The van der Waals surface area contributed by atoms with Crippen molar-refractivity contribution in [3.63, 3.8) is 0 Å². The summed E-state index contributed by atoms with van der Waals surface area (Å²) < 4.78 is 3.66. The van der Waals surface area contributed by atoms with Crippen LogP contribution in [0.1, 0.15) is 37.8 Å². The average molecular weight is 496 g/mol. The van der Waals surface area contributed by atoms with E-state index in [4.69, 9.17) is 5.73 Å². The van der Waals surface area contributed by atoms with Crippen molar-refractivity contribution in [2.75, 3.05) is 0 Å². The summed E-state index contributed by atoms with van der Waals surface area (Å²) in [6, 6.07) is 19.2. The van der Waals surface area contributed by atoms with Crippen LogP contribution in [0.3, 0.4) is 0 Å². The van der Waals surface area contributed by atoms with Crippen LogP contribution >= 0.6 is 15.9 Å². The SMILES string of the molecule is CCCn1c(=O)ccc2cc(CBr)ccc21.CCCn1c(=O)ccc2cc(CN)ccc21.